The van der Waals surface area contributed by atoms with E-state index in [0.29, 0.717) is 23.8 Å². The summed E-state index contributed by atoms with van der Waals surface area (Å²) in [6, 6.07) is 17.7. The smallest absolute Gasteiger partial charge is 0.255 e. The number of para-hydroxylation sites is 1. The highest BCUT2D eigenvalue weighted by Gasteiger charge is 2.37. The molecule has 0 saturated carbocycles. The standard InChI is InChI=1S/C25H31N5O2/c1-19(2)29-24(28-18-26)30-15-13-25(14-16-30,20-9-5-4-6-10-20)17-27-23(31)21-11-7-8-12-22(21)32-3/h4-12,19H,13-17H2,1-3H3,(H,27,31)(H,28,29). The van der Waals surface area contributed by atoms with Gasteiger partial charge in [0.05, 0.1) is 12.7 Å². The third-order valence-electron chi connectivity index (χ3n) is 5.89. The minimum Gasteiger partial charge on any atom is -0.496 e. The van der Waals surface area contributed by atoms with E-state index in [1.54, 1.807) is 19.2 Å². The summed E-state index contributed by atoms with van der Waals surface area (Å²) in [6.07, 6.45) is 3.65. The van der Waals surface area contributed by atoms with Crippen molar-refractivity contribution in [3.63, 3.8) is 0 Å². The molecule has 1 fully saturated rings. The molecular weight excluding hydrogens is 402 g/mol. The third kappa shape index (κ3) is 5.38. The van der Waals surface area contributed by atoms with Crippen molar-refractivity contribution in [2.45, 2.75) is 38.1 Å². The Bertz CT molecular complexity index is 973. The minimum absolute atomic E-state index is 0.0896. The number of hydrogen-bond acceptors (Lipinski definition) is 4. The molecule has 1 saturated heterocycles. The van der Waals surface area contributed by atoms with E-state index >= 15 is 0 Å². The van der Waals surface area contributed by atoms with Gasteiger partial charge in [0.15, 0.2) is 6.19 Å². The second-order valence-corrected chi connectivity index (χ2v) is 8.30. The number of hydrogen-bond donors (Lipinski definition) is 2. The number of piperidine rings is 1. The van der Waals surface area contributed by atoms with Crippen molar-refractivity contribution in [2.75, 3.05) is 26.7 Å². The second-order valence-electron chi connectivity index (χ2n) is 8.30. The van der Waals surface area contributed by atoms with E-state index in [4.69, 9.17) is 10.00 Å². The Morgan fingerprint density at radius 3 is 2.44 bits per heavy atom. The summed E-state index contributed by atoms with van der Waals surface area (Å²) in [6.45, 7) is 5.97. The van der Waals surface area contributed by atoms with Crippen molar-refractivity contribution >= 4 is 11.9 Å². The Morgan fingerprint density at radius 1 is 1.16 bits per heavy atom. The van der Waals surface area contributed by atoms with Crippen LogP contribution in [0.3, 0.4) is 0 Å². The number of nitrogens with one attached hydrogen (secondary N) is 2. The van der Waals surface area contributed by atoms with Crippen molar-refractivity contribution in [1.29, 1.82) is 5.26 Å². The van der Waals surface area contributed by atoms with Gasteiger partial charge in [-0.1, -0.05) is 42.5 Å². The van der Waals surface area contributed by atoms with Crippen LogP contribution in [0.1, 0.15) is 42.6 Å². The molecule has 1 aliphatic heterocycles. The molecule has 0 spiro atoms. The van der Waals surface area contributed by atoms with Crippen molar-refractivity contribution in [3.05, 3.63) is 65.7 Å². The Hall–Kier alpha value is -3.53. The summed E-state index contributed by atoms with van der Waals surface area (Å²) in [5.41, 5.74) is 1.53. The molecule has 2 N–H and O–H groups in total. The zero-order valence-electron chi connectivity index (χ0n) is 19.0. The van der Waals surface area contributed by atoms with Crippen LogP contribution in [-0.2, 0) is 5.41 Å². The molecule has 7 heteroatoms. The average Bonchev–Trinajstić information content (AvgIpc) is 2.83. The van der Waals surface area contributed by atoms with Crippen molar-refractivity contribution < 1.29 is 9.53 Å². The monoisotopic (exact) mass is 433 g/mol. The maximum atomic E-state index is 13.0. The number of nitriles is 1. The van der Waals surface area contributed by atoms with Crippen LogP contribution < -0.4 is 15.4 Å². The molecule has 2 aromatic carbocycles. The molecule has 0 aliphatic carbocycles. The van der Waals surface area contributed by atoms with E-state index < -0.39 is 0 Å². The molecule has 168 valence electrons. The minimum atomic E-state index is -0.203. The molecule has 32 heavy (non-hydrogen) atoms. The van der Waals surface area contributed by atoms with Crippen LogP contribution in [0.15, 0.2) is 59.6 Å². The fourth-order valence-electron chi connectivity index (χ4n) is 4.17. The van der Waals surface area contributed by atoms with Crippen molar-refractivity contribution in [1.82, 2.24) is 15.5 Å². The Labute approximate surface area is 190 Å². The first-order valence-electron chi connectivity index (χ1n) is 10.9. The summed E-state index contributed by atoms with van der Waals surface area (Å²) < 4.78 is 5.35. The van der Waals surface area contributed by atoms with Gasteiger partial charge in [0, 0.05) is 31.1 Å². The summed E-state index contributed by atoms with van der Waals surface area (Å²) >= 11 is 0. The Balaban J connectivity index is 1.79. The normalized spacial score (nSPS) is 15.7. The van der Waals surface area contributed by atoms with Crippen molar-refractivity contribution in [2.24, 2.45) is 4.99 Å². The zero-order valence-corrected chi connectivity index (χ0v) is 19.0. The number of aliphatic imine (C=N–C) groups is 1. The van der Waals surface area contributed by atoms with Crippen LogP contribution >= 0.6 is 0 Å². The molecule has 0 atom stereocenters. The van der Waals surface area contributed by atoms with E-state index in [1.807, 2.05) is 50.4 Å². The van der Waals surface area contributed by atoms with E-state index in [-0.39, 0.29) is 17.4 Å². The number of nitrogens with zero attached hydrogens (tertiary/aromatic N) is 3. The summed E-state index contributed by atoms with van der Waals surface area (Å²) in [5, 5.41) is 15.0. The molecule has 1 heterocycles. The van der Waals surface area contributed by atoms with Gasteiger partial charge in [-0.15, -0.1) is 0 Å². The number of carbonyl (C=O) groups excluding carboxylic acids is 1. The van der Waals surface area contributed by atoms with Gasteiger partial charge in [-0.2, -0.15) is 5.26 Å². The van der Waals surface area contributed by atoms with Crippen LogP contribution in [0, 0.1) is 11.5 Å². The largest absolute Gasteiger partial charge is 0.496 e. The average molecular weight is 434 g/mol. The number of benzene rings is 2. The lowest BCUT2D eigenvalue weighted by Gasteiger charge is -2.43. The number of carbonyl (C=O) groups is 1. The van der Waals surface area contributed by atoms with E-state index in [9.17, 15) is 4.79 Å². The summed E-state index contributed by atoms with van der Waals surface area (Å²) in [4.78, 5) is 19.6. The molecule has 0 aromatic heterocycles. The molecule has 0 unspecified atom stereocenters. The maximum absolute atomic E-state index is 13.0. The summed E-state index contributed by atoms with van der Waals surface area (Å²) in [7, 11) is 1.57. The Kier molecular flexibility index (Phi) is 7.72. The van der Waals surface area contributed by atoms with Crippen molar-refractivity contribution in [3.8, 4) is 11.9 Å². The van der Waals surface area contributed by atoms with Crippen LogP contribution in [0.5, 0.6) is 5.75 Å². The molecule has 3 rings (SSSR count). The van der Waals surface area contributed by atoms with Gasteiger partial charge in [-0.25, -0.2) is 4.99 Å². The molecule has 2 aromatic rings. The number of methoxy groups -OCH3 is 1. The predicted octanol–water partition coefficient (Wildman–Crippen LogP) is 3.29. The predicted molar refractivity (Wildman–Crippen MR) is 126 cm³/mol. The Morgan fingerprint density at radius 2 is 1.81 bits per heavy atom. The maximum Gasteiger partial charge on any atom is 0.255 e. The van der Waals surface area contributed by atoms with Gasteiger partial charge >= 0.3 is 0 Å². The first-order valence-corrected chi connectivity index (χ1v) is 10.9. The van der Waals surface area contributed by atoms with E-state index in [1.165, 1.54) is 5.56 Å². The molecular formula is C25H31N5O2. The van der Waals surface area contributed by atoms with Gasteiger partial charge in [0.2, 0.25) is 5.96 Å². The SMILES string of the molecule is COc1ccccc1C(=O)NCC1(c2ccccc2)CCN(C(=NC(C)C)NC#N)CC1. The second kappa shape index (κ2) is 10.7. The lowest BCUT2D eigenvalue weighted by molar-refractivity contribution is 0.0929. The van der Waals surface area contributed by atoms with Crippen LogP contribution in [0.2, 0.25) is 0 Å². The first kappa shape index (κ1) is 23.1. The highest BCUT2D eigenvalue weighted by atomic mass is 16.5. The molecule has 0 radical (unpaired) electrons. The van der Waals surface area contributed by atoms with Gasteiger partial charge in [-0.3, -0.25) is 10.1 Å². The van der Waals surface area contributed by atoms with Crippen LogP contribution in [0.25, 0.3) is 0 Å². The molecule has 0 bridgehead atoms. The van der Waals surface area contributed by atoms with E-state index in [0.717, 1.165) is 25.9 Å². The third-order valence-corrected chi connectivity index (χ3v) is 5.89. The quantitative estimate of drug-likeness (QED) is 0.316. The molecule has 7 nitrogen and oxygen atoms in total. The highest BCUT2D eigenvalue weighted by Crippen LogP contribution is 2.35. The van der Waals surface area contributed by atoms with E-state index in [2.05, 4.69) is 32.7 Å². The van der Waals surface area contributed by atoms with Crippen LogP contribution in [0.4, 0.5) is 0 Å². The van der Waals surface area contributed by atoms with Gasteiger partial charge in [0.1, 0.15) is 5.75 Å². The van der Waals surface area contributed by atoms with Gasteiger partial charge in [-0.05, 0) is 44.4 Å². The topological polar surface area (TPSA) is 89.8 Å². The highest BCUT2D eigenvalue weighted by molar-refractivity contribution is 5.97. The fraction of sp³-hybridized carbons (Fsp3) is 0.400. The van der Waals surface area contributed by atoms with Gasteiger partial charge < -0.3 is 15.0 Å². The molecule has 1 amide bonds. The number of likely N-dealkylation sites (tertiary alicyclic amines) is 1. The summed E-state index contributed by atoms with van der Waals surface area (Å²) in [5.74, 6) is 1.03. The van der Waals surface area contributed by atoms with Gasteiger partial charge in [0.25, 0.3) is 5.91 Å². The zero-order chi connectivity index (χ0) is 23.0. The number of rotatable bonds is 6. The first-order chi connectivity index (χ1) is 15.5. The number of amides is 1. The lowest BCUT2D eigenvalue weighted by atomic mass is 9.72. The fourth-order valence-corrected chi connectivity index (χ4v) is 4.17. The number of ether oxygens (including phenoxy) is 1. The lowest BCUT2D eigenvalue weighted by Crippen LogP contribution is -2.52. The van der Waals surface area contributed by atoms with Crippen LogP contribution in [-0.4, -0.2) is 49.6 Å². The molecule has 1 aliphatic rings. The number of guanidine groups is 1.